The predicted octanol–water partition coefficient (Wildman–Crippen LogP) is 9.94. The van der Waals surface area contributed by atoms with Crippen molar-refractivity contribution in [3.05, 3.63) is 72.9 Å². The molecule has 2 saturated heterocycles. The van der Waals surface area contributed by atoms with Crippen molar-refractivity contribution in [3.63, 3.8) is 0 Å². The fourth-order valence-electron chi connectivity index (χ4n) is 9.38. The van der Waals surface area contributed by atoms with Crippen molar-refractivity contribution < 1.29 is 64.6 Å². The monoisotopic (exact) mass is 1060 g/mol. The van der Waals surface area contributed by atoms with Crippen LogP contribution in [0.3, 0.4) is 0 Å². The number of rotatable bonds is 46. The Morgan fingerprint density at radius 3 is 1.41 bits per heavy atom. The Hall–Kier alpha value is -2.57. The van der Waals surface area contributed by atoms with Crippen LogP contribution in [0, 0.1) is 0 Å². The number of hydrogen-bond acceptors (Lipinski definition) is 13. The van der Waals surface area contributed by atoms with E-state index in [2.05, 4.69) is 79.9 Å². The van der Waals surface area contributed by atoms with Crippen molar-refractivity contribution in [1.29, 1.82) is 0 Å². The van der Waals surface area contributed by atoms with Gasteiger partial charge in [-0.3, -0.25) is 4.79 Å². The van der Waals surface area contributed by atoms with E-state index in [4.69, 9.17) is 18.9 Å². The Balaban J connectivity index is 1.59. The molecule has 12 unspecified atom stereocenters. The van der Waals surface area contributed by atoms with Gasteiger partial charge in [-0.05, 0) is 64.2 Å². The van der Waals surface area contributed by atoms with Crippen LogP contribution in [-0.4, -0.2) is 140 Å². The van der Waals surface area contributed by atoms with Crippen molar-refractivity contribution in [2.24, 2.45) is 0 Å². The molecule has 0 bridgehead atoms. The molecule has 434 valence electrons. The topological polar surface area (TPSA) is 228 Å². The minimum Gasteiger partial charge on any atom is -0.394 e. The van der Waals surface area contributed by atoms with Crippen LogP contribution < -0.4 is 5.32 Å². The zero-order valence-electron chi connectivity index (χ0n) is 46.5. The van der Waals surface area contributed by atoms with Crippen LogP contribution in [0.5, 0.6) is 0 Å². The summed E-state index contributed by atoms with van der Waals surface area (Å²) in [6.45, 7) is 2.62. The summed E-state index contributed by atoms with van der Waals surface area (Å²) in [6.07, 6.45) is 44.2. The zero-order chi connectivity index (χ0) is 54.6. The number of ether oxygens (including phenoxy) is 4. The Bertz CT molecular complexity index is 1530. The van der Waals surface area contributed by atoms with E-state index in [0.717, 1.165) is 77.0 Å². The molecule has 12 atom stereocenters. The second-order valence-electron chi connectivity index (χ2n) is 20.7. The highest BCUT2D eigenvalue weighted by molar-refractivity contribution is 5.76. The minimum absolute atomic E-state index is 0.244. The summed E-state index contributed by atoms with van der Waals surface area (Å²) in [5, 5.41) is 86.7. The molecule has 75 heavy (non-hydrogen) atoms. The quantitative estimate of drug-likeness (QED) is 0.0205. The lowest BCUT2D eigenvalue weighted by Crippen LogP contribution is -2.65. The Labute approximate surface area is 453 Å². The van der Waals surface area contributed by atoms with Crippen LogP contribution in [0.15, 0.2) is 72.9 Å². The Kier molecular flexibility index (Phi) is 42.4. The van der Waals surface area contributed by atoms with Crippen LogP contribution in [0.4, 0.5) is 0 Å². The highest BCUT2D eigenvalue weighted by Crippen LogP contribution is 2.30. The number of aliphatic hydroxyl groups is 8. The molecular formula is C61H107NO13. The number of carbonyl (C=O) groups excluding carboxylic acids is 1. The van der Waals surface area contributed by atoms with Gasteiger partial charge >= 0.3 is 0 Å². The lowest BCUT2D eigenvalue weighted by Gasteiger charge is -2.46. The van der Waals surface area contributed by atoms with Crippen molar-refractivity contribution >= 4 is 5.91 Å². The third-order valence-corrected chi connectivity index (χ3v) is 14.1. The maximum absolute atomic E-state index is 13.2. The fourth-order valence-corrected chi connectivity index (χ4v) is 9.38. The van der Waals surface area contributed by atoms with Crippen LogP contribution in [-0.2, 0) is 23.7 Å². The summed E-state index contributed by atoms with van der Waals surface area (Å²) >= 11 is 0. The number of hydrogen-bond donors (Lipinski definition) is 9. The van der Waals surface area contributed by atoms with E-state index >= 15 is 0 Å². The normalized spacial score (nSPS) is 25.6. The number of aliphatic hydroxyl groups excluding tert-OH is 8. The molecule has 0 aromatic heterocycles. The Morgan fingerprint density at radius 2 is 0.920 bits per heavy atom. The average Bonchev–Trinajstić information content (AvgIpc) is 3.41. The van der Waals surface area contributed by atoms with Crippen LogP contribution >= 0.6 is 0 Å². The third kappa shape index (κ3) is 32.2. The van der Waals surface area contributed by atoms with Gasteiger partial charge in [-0.15, -0.1) is 0 Å². The Morgan fingerprint density at radius 1 is 0.493 bits per heavy atom. The number of allylic oxidation sites excluding steroid dienone is 11. The first-order chi connectivity index (χ1) is 36.6. The molecule has 0 radical (unpaired) electrons. The molecule has 0 spiro atoms. The molecule has 2 rings (SSSR count). The summed E-state index contributed by atoms with van der Waals surface area (Å²) in [7, 11) is 0. The molecule has 2 aliphatic rings. The zero-order valence-corrected chi connectivity index (χ0v) is 46.5. The number of amides is 1. The number of carbonyl (C=O) groups is 1. The van der Waals surface area contributed by atoms with Crippen molar-refractivity contribution in [2.75, 3.05) is 19.8 Å². The maximum atomic E-state index is 13.2. The van der Waals surface area contributed by atoms with Crippen LogP contribution in [0.2, 0.25) is 0 Å². The van der Waals surface area contributed by atoms with Crippen LogP contribution in [0.25, 0.3) is 0 Å². The number of unbranched alkanes of at least 4 members (excludes halogenated alkanes) is 23. The molecule has 2 heterocycles. The lowest BCUT2D eigenvalue weighted by molar-refractivity contribution is -0.359. The summed E-state index contributed by atoms with van der Waals surface area (Å²) < 4.78 is 22.7. The van der Waals surface area contributed by atoms with Gasteiger partial charge in [0.2, 0.25) is 5.91 Å². The molecule has 0 saturated carbocycles. The van der Waals surface area contributed by atoms with E-state index < -0.39 is 86.8 Å². The van der Waals surface area contributed by atoms with Crippen molar-refractivity contribution in [2.45, 2.75) is 286 Å². The van der Waals surface area contributed by atoms with Crippen LogP contribution in [0.1, 0.15) is 213 Å². The highest BCUT2D eigenvalue weighted by Gasteiger charge is 2.51. The van der Waals surface area contributed by atoms with Crippen molar-refractivity contribution in [3.8, 4) is 0 Å². The second kappa shape index (κ2) is 46.4. The molecule has 0 aliphatic carbocycles. The highest BCUT2D eigenvalue weighted by atomic mass is 16.7. The molecule has 2 fully saturated rings. The van der Waals surface area contributed by atoms with Crippen molar-refractivity contribution in [1.82, 2.24) is 5.32 Å². The molecular weight excluding hydrogens is 955 g/mol. The first-order valence-corrected chi connectivity index (χ1v) is 29.7. The van der Waals surface area contributed by atoms with E-state index in [0.29, 0.717) is 6.42 Å². The van der Waals surface area contributed by atoms with E-state index in [-0.39, 0.29) is 18.9 Å². The SMILES string of the molecule is CC/C=C\C/C=C\C/C=C\C/C=C\C/C=C\CCCCCCCCCCCCCCCCCCCC(=O)NC(COC1OC(CO)C(OC2OC(CO)C(O)C(O)C2O)C(O)C1O)C(O)/C=C/CCCCCCCC. The smallest absolute Gasteiger partial charge is 0.220 e. The summed E-state index contributed by atoms with van der Waals surface area (Å²) in [5.41, 5.74) is 0. The van der Waals surface area contributed by atoms with Gasteiger partial charge in [-0.1, -0.05) is 215 Å². The molecule has 0 aromatic rings. The number of nitrogens with one attached hydrogen (secondary N) is 1. The first-order valence-electron chi connectivity index (χ1n) is 29.7. The molecule has 14 nitrogen and oxygen atoms in total. The van der Waals surface area contributed by atoms with Gasteiger partial charge < -0.3 is 65.1 Å². The third-order valence-electron chi connectivity index (χ3n) is 14.1. The standard InChI is InChI=1S/C61H107NO13/c1-3-5-7-9-11-13-14-15-16-17-18-19-20-21-22-23-24-25-26-27-28-29-30-31-32-33-34-35-36-37-39-41-43-45-53(66)62-49(50(65)44-42-40-38-12-10-8-6-4-2)48-72-60-58(71)56(69)59(52(47-64)74-60)75-61-57(70)55(68)54(67)51(46-63)73-61/h5,7,11,13,15-16,18-19,21-22,42,44,49-52,54-61,63-65,67-71H,3-4,6,8-10,12,14,17,20,23-41,43,45-48H2,1-2H3,(H,62,66)/b7-5-,13-11-,16-15-,19-18-,22-21-,44-42+. The maximum Gasteiger partial charge on any atom is 0.220 e. The van der Waals surface area contributed by atoms with E-state index in [1.807, 2.05) is 6.08 Å². The molecule has 14 heteroatoms. The molecule has 9 N–H and O–H groups in total. The van der Waals surface area contributed by atoms with Gasteiger partial charge in [0.05, 0.1) is 32.0 Å². The first kappa shape index (κ1) is 68.5. The van der Waals surface area contributed by atoms with E-state index in [1.54, 1.807) is 6.08 Å². The minimum atomic E-state index is -1.79. The largest absolute Gasteiger partial charge is 0.394 e. The lowest BCUT2D eigenvalue weighted by atomic mass is 9.97. The van der Waals surface area contributed by atoms with E-state index in [9.17, 15) is 45.6 Å². The average molecular weight is 1060 g/mol. The summed E-state index contributed by atoms with van der Waals surface area (Å²) in [5.74, 6) is -0.244. The van der Waals surface area contributed by atoms with Gasteiger partial charge in [0.15, 0.2) is 12.6 Å². The van der Waals surface area contributed by atoms with Gasteiger partial charge in [0.25, 0.3) is 0 Å². The van der Waals surface area contributed by atoms with Gasteiger partial charge in [0.1, 0.15) is 48.8 Å². The summed E-state index contributed by atoms with van der Waals surface area (Å²) in [4.78, 5) is 13.2. The van der Waals surface area contributed by atoms with Gasteiger partial charge in [-0.25, -0.2) is 0 Å². The predicted molar refractivity (Wildman–Crippen MR) is 300 cm³/mol. The fraction of sp³-hybridized carbons (Fsp3) is 0.787. The molecule has 2 aliphatic heterocycles. The van der Waals surface area contributed by atoms with E-state index in [1.165, 1.54) is 109 Å². The second-order valence-corrected chi connectivity index (χ2v) is 20.7. The van der Waals surface area contributed by atoms with Gasteiger partial charge in [0, 0.05) is 6.42 Å². The molecule has 0 aromatic carbocycles. The summed E-state index contributed by atoms with van der Waals surface area (Å²) in [6, 6.07) is -0.913. The van der Waals surface area contributed by atoms with Gasteiger partial charge in [-0.2, -0.15) is 0 Å². The molecule has 1 amide bonds.